The van der Waals surface area contributed by atoms with Crippen LogP contribution < -0.4 is 0 Å². The van der Waals surface area contributed by atoms with E-state index in [0.29, 0.717) is 0 Å². The maximum Gasteiger partial charge on any atom is 0.0221 e. The highest BCUT2D eigenvalue weighted by Gasteiger charge is 2.43. The second-order valence-electron chi connectivity index (χ2n) is 5.65. The lowest BCUT2D eigenvalue weighted by molar-refractivity contribution is 0.352. The van der Waals surface area contributed by atoms with Crippen LogP contribution in [0.4, 0.5) is 0 Å². The molecule has 89 valence electrons. The fourth-order valence-corrected chi connectivity index (χ4v) is 4.00. The molecule has 1 fully saturated rings. The molecule has 0 bridgehead atoms. The molecule has 18 heavy (non-hydrogen) atoms. The monoisotopic (exact) mass is 233 g/mol. The summed E-state index contributed by atoms with van der Waals surface area (Å²) in [7, 11) is 0. The quantitative estimate of drug-likeness (QED) is 0.617. The highest BCUT2D eigenvalue weighted by atomic mass is 14.5. The van der Waals surface area contributed by atoms with E-state index in [4.69, 9.17) is 0 Å². The lowest BCUT2D eigenvalue weighted by atomic mass is 9.68. The summed E-state index contributed by atoms with van der Waals surface area (Å²) in [6.45, 7) is 0. The first-order valence-electron chi connectivity index (χ1n) is 7.03. The van der Waals surface area contributed by atoms with Crippen LogP contribution in [0.2, 0.25) is 0 Å². The average Bonchev–Trinajstić information content (AvgIpc) is 2.72. The summed E-state index contributed by atoms with van der Waals surface area (Å²) in [6.07, 6.45) is 6.72. The van der Waals surface area contributed by atoms with Crippen molar-refractivity contribution in [1.29, 1.82) is 0 Å². The van der Waals surface area contributed by atoms with Gasteiger partial charge in [0.1, 0.15) is 0 Å². The van der Waals surface area contributed by atoms with Crippen LogP contribution in [0.3, 0.4) is 0 Å². The van der Waals surface area contributed by atoms with E-state index in [9.17, 15) is 0 Å². The minimum absolute atomic E-state index is 0.283. The topological polar surface area (TPSA) is 0 Å². The maximum absolute atomic E-state index is 3.56. The Bertz CT molecular complexity index is 541. The standard InChI is InChI=1S/C18H17/c1-6-12-18(13-7-1)16-10-4-2-8-14(16)15-9-3-5-11-17(15)18/h2-5,8-10H,1,6-7,12-13H2. The van der Waals surface area contributed by atoms with Crippen LogP contribution in [0.15, 0.2) is 42.5 Å². The van der Waals surface area contributed by atoms with Crippen molar-refractivity contribution in [2.45, 2.75) is 37.5 Å². The van der Waals surface area contributed by atoms with Crippen LogP contribution in [-0.4, -0.2) is 0 Å². The molecule has 2 aromatic carbocycles. The maximum atomic E-state index is 3.56. The van der Waals surface area contributed by atoms with Crippen LogP contribution in [-0.2, 0) is 5.41 Å². The van der Waals surface area contributed by atoms with Gasteiger partial charge in [0.2, 0.25) is 0 Å². The van der Waals surface area contributed by atoms with Crippen molar-refractivity contribution >= 4 is 0 Å². The Kier molecular flexibility index (Phi) is 2.14. The van der Waals surface area contributed by atoms with Crippen molar-refractivity contribution in [3.05, 3.63) is 59.7 Å². The van der Waals surface area contributed by atoms with E-state index in [-0.39, 0.29) is 5.41 Å². The van der Waals surface area contributed by atoms with Crippen molar-refractivity contribution in [3.8, 4) is 11.1 Å². The van der Waals surface area contributed by atoms with Crippen molar-refractivity contribution in [2.75, 3.05) is 0 Å². The molecule has 0 saturated heterocycles. The highest BCUT2D eigenvalue weighted by molar-refractivity contribution is 5.80. The lowest BCUT2D eigenvalue weighted by Crippen LogP contribution is -2.28. The molecule has 0 N–H and O–H groups in total. The summed E-state index contributed by atoms with van der Waals surface area (Å²) < 4.78 is 0. The zero-order valence-electron chi connectivity index (χ0n) is 10.6. The Morgan fingerprint density at radius 2 is 1.61 bits per heavy atom. The highest BCUT2D eigenvalue weighted by Crippen LogP contribution is 2.55. The van der Waals surface area contributed by atoms with Gasteiger partial charge in [0.25, 0.3) is 0 Å². The van der Waals surface area contributed by atoms with Crippen molar-refractivity contribution in [2.24, 2.45) is 0 Å². The summed E-state index contributed by atoms with van der Waals surface area (Å²) in [6, 6.07) is 19.0. The zero-order valence-corrected chi connectivity index (χ0v) is 10.6. The predicted molar refractivity (Wildman–Crippen MR) is 74.6 cm³/mol. The average molecular weight is 233 g/mol. The van der Waals surface area contributed by atoms with E-state index in [0.717, 1.165) is 0 Å². The molecule has 1 radical (unpaired) electrons. The second-order valence-corrected chi connectivity index (χ2v) is 5.65. The van der Waals surface area contributed by atoms with Crippen LogP contribution in [0.1, 0.15) is 43.2 Å². The third-order valence-electron chi connectivity index (χ3n) is 4.77. The Morgan fingerprint density at radius 1 is 0.833 bits per heavy atom. The first kappa shape index (κ1) is 10.4. The van der Waals surface area contributed by atoms with Gasteiger partial charge in [0.05, 0.1) is 0 Å². The molecular weight excluding hydrogens is 216 g/mol. The van der Waals surface area contributed by atoms with Gasteiger partial charge in [0.15, 0.2) is 0 Å². The molecule has 0 nitrogen and oxygen atoms in total. The van der Waals surface area contributed by atoms with E-state index in [1.54, 1.807) is 5.56 Å². The molecule has 0 atom stereocenters. The van der Waals surface area contributed by atoms with Gasteiger partial charge in [-0.1, -0.05) is 61.7 Å². The number of hydrogen-bond donors (Lipinski definition) is 0. The molecule has 0 heteroatoms. The molecule has 0 aromatic heterocycles. The first-order chi connectivity index (χ1) is 8.92. The van der Waals surface area contributed by atoms with Gasteiger partial charge in [-0.3, -0.25) is 0 Å². The van der Waals surface area contributed by atoms with Gasteiger partial charge >= 0.3 is 0 Å². The molecule has 2 aliphatic carbocycles. The van der Waals surface area contributed by atoms with E-state index in [1.807, 2.05) is 0 Å². The molecule has 0 amide bonds. The number of fused-ring (bicyclic) bond motifs is 5. The molecule has 2 aliphatic rings. The number of benzene rings is 2. The summed E-state index contributed by atoms with van der Waals surface area (Å²) in [5.74, 6) is 0. The van der Waals surface area contributed by atoms with E-state index in [1.165, 1.54) is 48.8 Å². The predicted octanol–water partition coefficient (Wildman–Crippen LogP) is 4.72. The fourth-order valence-electron chi connectivity index (χ4n) is 4.00. The van der Waals surface area contributed by atoms with Crippen LogP contribution in [0.25, 0.3) is 11.1 Å². The van der Waals surface area contributed by atoms with Gasteiger partial charge in [-0.15, -0.1) is 0 Å². The minimum Gasteiger partial charge on any atom is -0.0619 e. The van der Waals surface area contributed by atoms with Crippen LogP contribution >= 0.6 is 0 Å². The van der Waals surface area contributed by atoms with Crippen molar-refractivity contribution in [1.82, 2.24) is 0 Å². The van der Waals surface area contributed by atoms with Crippen LogP contribution in [0.5, 0.6) is 0 Å². The summed E-state index contributed by atoms with van der Waals surface area (Å²) in [5.41, 5.74) is 6.18. The molecule has 0 unspecified atom stereocenters. The second kappa shape index (κ2) is 3.71. The van der Waals surface area contributed by atoms with Gasteiger partial charge in [-0.05, 0) is 41.2 Å². The van der Waals surface area contributed by atoms with Gasteiger partial charge < -0.3 is 0 Å². The largest absolute Gasteiger partial charge is 0.0619 e. The lowest BCUT2D eigenvalue weighted by Gasteiger charge is -2.35. The fraction of sp³-hybridized carbons (Fsp3) is 0.333. The first-order valence-corrected chi connectivity index (χ1v) is 7.03. The van der Waals surface area contributed by atoms with Gasteiger partial charge in [0, 0.05) is 5.41 Å². The Morgan fingerprint density at radius 3 is 2.50 bits per heavy atom. The normalized spacial score (nSPS) is 19.6. The van der Waals surface area contributed by atoms with E-state index < -0.39 is 0 Å². The van der Waals surface area contributed by atoms with Crippen molar-refractivity contribution in [3.63, 3.8) is 0 Å². The van der Waals surface area contributed by atoms with Crippen molar-refractivity contribution < 1.29 is 0 Å². The Balaban J connectivity index is 2.03. The number of rotatable bonds is 0. The van der Waals surface area contributed by atoms with Gasteiger partial charge in [-0.2, -0.15) is 0 Å². The smallest absolute Gasteiger partial charge is 0.0221 e. The van der Waals surface area contributed by atoms with E-state index in [2.05, 4.69) is 48.5 Å². The summed E-state index contributed by atoms with van der Waals surface area (Å²) >= 11 is 0. The molecule has 2 aromatic rings. The molecule has 0 aliphatic heterocycles. The Hall–Kier alpha value is -1.56. The summed E-state index contributed by atoms with van der Waals surface area (Å²) in [5, 5.41) is 0. The van der Waals surface area contributed by atoms with E-state index >= 15 is 0 Å². The molecule has 1 saturated carbocycles. The SMILES string of the molecule is [c]1cccc2c1C1(CCCCC1)c1ccccc1-2. The van der Waals surface area contributed by atoms with Crippen LogP contribution in [0, 0.1) is 6.07 Å². The molecule has 4 rings (SSSR count). The molecule has 0 heterocycles. The third kappa shape index (κ3) is 1.21. The zero-order chi connectivity index (χ0) is 12.0. The molecular formula is C18H17. The summed E-state index contributed by atoms with van der Waals surface area (Å²) in [4.78, 5) is 0. The Labute approximate surface area is 109 Å². The van der Waals surface area contributed by atoms with Gasteiger partial charge in [-0.25, -0.2) is 0 Å². The third-order valence-corrected chi connectivity index (χ3v) is 4.77. The molecule has 1 spiro atoms. The number of hydrogen-bond acceptors (Lipinski definition) is 0. The minimum atomic E-state index is 0.283.